The Kier molecular flexibility index (Phi) is 763. The van der Waals surface area contributed by atoms with Gasteiger partial charge in [0.2, 0.25) is 0 Å². The molecule has 0 aromatic carbocycles. The molecule has 0 aliphatic carbocycles. The first-order valence-electron chi connectivity index (χ1n) is 0. The van der Waals surface area contributed by atoms with Crippen molar-refractivity contribution >= 4 is 35.5 Å². The Hall–Kier alpha value is 0.976. The van der Waals surface area contributed by atoms with Gasteiger partial charge in [0.25, 0.3) is 0 Å². The van der Waals surface area contributed by atoms with E-state index in [1.807, 2.05) is 0 Å². The molecule has 0 bridgehead atoms. The van der Waals surface area contributed by atoms with Crippen molar-refractivity contribution in [3.8, 4) is 0 Å². The average Bonchev–Trinajstić information content (AvgIpc) is 0. The van der Waals surface area contributed by atoms with Crippen molar-refractivity contribution in [3.05, 3.63) is 0 Å². The Balaban J connectivity index is 0. The van der Waals surface area contributed by atoms with Crippen LogP contribution in [0, 0.1) is 0 Å². The van der Waals surface area contributed by atoms with Crippen LogP contribution >= 0.6 is 12.4 Å². The largest absolute Gasteiger partial charge is 2.00 e. The first-order valence-corrected chi connectivity index (χ1v) is 0. The van der Waals surface area contributed by atoms with Crippen LogP contribution in [0.5, 0.6) is 0 Å². The molecule has 0 amide bonds. The molecule has 0 heterocycles. The molecule has 4 heteroatoms. The summed E-state index contributed by atoms with van der Waals surface area (Å²) in [6, 6.07) is 0. The smallest absolute Gasteiger partial charge is 1.00 e. The molecule has 28 valence electrons. The second kappa shape index (κ2) is 37.0. The van der Waals surface area contributed by atoms with Gasteiger partial charge in [-0.05, 0) is 0 Å². The first kappa shape index (κ1) is 82.6. The molecule has 0 aromatic rings. The fourth-order valence-electron chi connectivity index (χ4n) is 0. The van der Waals surface area contributed by atoms with Crippen molar-refractivity contribution in [1.82, 2.24) is 6.15 Å². The molecule has 0 aliphatic rings. The molecule has 5 N–H and O–H groups in total. The van der Waals surface area contributed by atoms with Crippen LogP contribution in [0.2, 0.25) is 0 Å². The molecule has 0 unspecified atom stereocenters. The van der Waals surface area contributed by atoms with Gasteiger partial charge in [-0.15, -0.1) is 12.4 Å². The Morgan fingerprint density at radius 1 is 1.25 bits per heavy atom. The summed E-state index contributed by atoms with van der Waals surface area (Å²) in [5.74, 6) is 0. The quantitative estimate of drug-likeness (QED) is 0.411. The van der Waals surface area contributed by atoms with Gasteiger partial charge in [-0.2, -0.15) is 0 Å². The van der Waals surface area contributed by atoms with Crippen LogP contribution in [0.25, 0.3) is 0 Å². The van der Waals surface area contributed by atoms with E-state index in [4.69, 9.17) is 0 Å². The van der Waals surface area contributed by atoms with Gasteiger partial charge in [0.05, 0.1) is 0 Å². The van der Waals surface area contributed by atoms with E-state index in [1.165, 1.54) is 0 Å². The van der Waals surface area contributed by atoms with Crippen molar-refractivity contribution < 1.29 is 8.33 Å². The van der Waals surface area contributed by atoms with Crippen LogP contribution in [0.15, 0.2) is 0 Å². The standard InChI is InChI=1S/ClH.Mg.H3N.H2O.2H/h1H;;1H3;1H2;;/q;+2;;;2*-1. The molecule has 0 saturated carbocycles. The summed E-state index contributed by atoms with van der Waals surface area (Å²) in [5.41, 5.74) is 0. The number of hydrogen-bond acceptors (Lipinski definition) is 1. The minimum absolute atomic E-state index is 0. The molecule has 0 saturated heterocycles. The third-order valence-corrected chi connectivity index (χ3v) is 0. The molecule has 0 atom stereocenters. The van der Waals surface area contributed by atoms with Crippen molar-refractivity contribution in [3.63, 3.8) is 0 Å². The van der Waals surface area contributed by atoms with E-state index >= 15 is 0 Å². The molecular formula is H8ClMgNO. The fraction of sp³-hybridized carbons (Fsp3) is 0. The molecule has 0 aliphatic heterocycles. The Bertz CT molecular complexity index is 13.5. The van der Waals surface area contributed by atoms with Crippen LogP contribution in [0.1, 0.15) is 2.85 Å². The number of halogens is 1. The van der Waals surface area contributed by atoms with Gasteiger partial charge >= 0.3 is 23.1 Å². The van der Waals surface area contributed by atoms with Crippen LogP contribution in [0.4, 0.5) is 0 Å². The van der Waals surface area contributed by atoms with Gasteiger partial charge in [-0.25, -0.2) is 0 Å². The predicted octanol–water partition coefficient (Wildman–Crippen LogP) is -0.397. The summed E-state index contributed by atoms with van der Waals surface area (Å²) in [7, 11) is 0. The van der Waals surface area contributed by atoms with Gasteiger partial charge in [0.15, 0.2) is 0 Å². The van der Waals surface area contributed by atoms with E-state index < -0.39 is 0 Å². The summed E-state index contributed by atoms with van der Waals surface area (Å²) in [5, 5.41) is 0. The van der Waals surface area contributed by atoms with E-state index in [1.54, 1.807) is 0 Å². The Morgan fingerprint density at radius 3 is 1.25 bits per heavy atom. The van der Waals surface area contributed by atoms with E-state index in [9.17, 15) is 0 Å². The summed E-state index contributed by atoms with van der Waals surface area (Å²) in [6.45, 7) is 0. The average molecular weight is 97.8 g/mol. The van der Waals surface area contributed by atoms with E-state index in [0.717, 1.165) is 0 Å². The molecule has 0 radical (unpaired) electrons. The van der Waals surface area contributed by atoms with Crippen molar-refractivity contribution in [2.24, 2.45) is 0 Å². The summed E-state index contributed by atoms with van der Waals surface area (Å²) in [6.07, 6.45) is 0. The summed E-state index contributed by atoms with van der Waals surface area (Å²) in [4.78, 5) is 0. The fourth-order valence-corrected chi connectivity index (χ4v) is 0. The minimum atomic E-state index is 0. The molecular weight excluding hydrogens is 89.8 g/mol. The van der Waals surface area contributed by atoms with E-state index in [-0.39, 0.29) is 49.9 Å². The zero-order valence-corrected chi connectivity index (χ0v) is 4.55. The Labute approximate surface area is 50.4 Å². The molecule has 0 aromatic heterocycles. The van der Waals surface area contributed by atoms with Crippen LogP contribution in [0.3, 0.4) is 0 Å². The molecule has 0 fully saturated rings. The maximum atomic E-state index is 0. The maximum absolute atomic E-state index is 0. The third-order valence-electron chi connectivity index (χ3n) is 0. The SMILES string of the molecule is Cl.N.O.[H-].[H-].[Mg+2]. The normalized spacial score (nSPS) is 0. The second-order valence-electron chi connectivity index (χ2n) is 0. The van der Waals surface area contributed by atoms with Crippen LogP contribution in [-0.4, -0.2) is 28.5 Å². The zero-order chi connectivity index (χ0) is 0. The third kappa shape index (κ3) is 12.2. The molecule has 0 rings (SSSR count). The van der Waals surface area contributed by atoms with Gasteiger partial charge in [-0.1, -0.05) is 0 Å². The summed E-state index contributed by atoms with van der Waals surface area (Å²) >= 11 is 0. The van der Waals surface area contributed by atoms with Gasteiger partial charge < -0.3 is 14.5 Å². The molecule has 2 nitrogen and oxygen atoms in total. The van der Waals surface area contributed by atoms with Crippen molar-refractivity contribution in [1.29, 1.82) is 0 Å². The van der Waals surface area contributed by atoms with Crippen molar-refractivity contribution in [2.75, 3.05) is 0 Å². The van der Waals surface area contributed by atoms with Gasteiger partial charge in [0.1, 0.15) is 0 Å². The van der Waals surface area contributed by atoms with Gasteiger partial charge in [0, 0.05) is 0 Å². The molecule has 0 spiro atoms. The number of hydrogen-bond donors (Lipinski definition) is 1. The minimum Gasteiger partial charge on any atom is -1.00 e. The van der Waals surface area contributed by atoms with Crippen LogP contribution < -0.4 is 6.15 Å². The predicted molar refractivity (Wildman–Crippen MR) is 23.9 cm³/mol. The number of rotatable bonds is 0. The maximum Gasteiger partial charge on any atom is 2.00 e. The van der Waals surface area contributed by atoms with Crippen LogP contribution in [-0.2, 0) is 0 Å². The van der Waals surface area contributed by atoms with Crippen molar-refractivity contribution in [2.45, 2.75) is 0 Å². The van der Waals surface area contributed by atoms with Gasteiger partial charge in [-0.3, -0.25) is 0 Å². The zero-order valence-electron chi connectivity index (χ0n) is 4.32. The second-order valence-corrected chi connectivity index (χ2v) is 0. The molecule has 4 heavy (non-hydrogen) atoms. The van der Waals surface area contributed by atoms with E-state index in [0.29, 0.717) is 0 Å². The van der Waals surface area contributed by atoms with E-state index in [2.05, 4.69) is 0 Å². The summed E-state index contributed by atoms with van der Waals surface area (Å²) < 4.78 is 0. The topological polar surface area (TPSA) is 66.5 Å². The first-order chi connectivity index (χ1) is 0. The Morgan fingerprint density at radius 2 is 1.25 bits per heavy atom. The monoisotopic (exact) mass is 97.0 g/mol.